The first-order chi connectivity index (χ1) is 17.9. The molecule has 2 amide bonds. The van der Waals surface area contributed by atoms with Crippen molar-refractivity contribution in [3.8, 4) is 17.2 Å². The highest BCUT2D eigenvalue weighted by atomic mass is 19.1. The number of hydrogen-bond donors (Lipinski definition) is 1. The first-order valence-electron chi connectivity index (χ1n) is 12.7. The van der Waals surface area contributed by atoms with E-state index < -0.39 is 11.3 Å². The fourth-order valence-electron chi connectivity index (χ4n) is 5.27. The molecule has 1 aliphatic heterocycles. The lowest BCUT2D eigenvalue weighted by Gasteiger charge is -2.21. The number of anilines is 1. The number of carbonyl (C=O) groups is 2. The number of benzene rings is 1. The fraction of sp³-hybridized carbons (Fsp3) is 0.393. The van der Waals surface area contributed by atoms with Crippen LogP contribution in [0.3, 0.4) is 0 Å². The van der Waals surface area contributed by atoms with Crippen LogP contribution in [-0.2, 0) is 11.3 Å². The monoisotopic (exact) mass is 498 g/mol. The summed E-state index contributed by atoms with van der Waals surface area (Å²) in [5.74, 6) is -0.870. The van der Waals surface area contributed by atoms with E-state index in [9.17, 15) is 19.2 Å². The van der Waals surface area contributed by atoms with Gasteiger partial charge in [0.2, 0.25) is 5.91 Å². The third-order valence-corrected chi connectivity index (χ3v) is 7.58. The lowest BCUT2D eigenvalue weighted by molar-refractivity contribution is -0.123. The van der Waals surface area contributed by atoms with E-state index in [1.807, 2.05) is 16.9 Å². The minimum absolute atomic E-state index is 0.118. The van der Waals surface area contributed by atoms with Gasteiger partial charge in [0.15, 0.2) is 0 Å². The molecule has 3 aromatic rings. The molecule has 2 aromatic heterocycles. The Bertz CT molecular complexity index is 1450. The van der Waals surface area contributed by atoms with Gasteiger partial charge in [-0.15, -0.1) is 0 Å². The smallest absolute Gasteiger partial charge is 0.270 e. The lowest BCUT2D eigenvalue weighted by atomic mass is 9.83. The number of nitrogens with one attached hydrogen (secondary N) is 1. The number of nitrogens with zero attached hydrogens (tertiary/aromatic N) is 5. The maximum absolute atomic E-state index is 14.4. The zero-order valence-corrected chi connectivity index (χ0v) is 20.6. The van der Waals surface area contributed by atoms with Crippen LogP contribution in [0.1, 0.15) is 59.9 Å². The highest BCUT2D eigenvalue weighted by Crippen LogP contribution is 2.52. The van der Waals surface area contributed by atoms with Crippen molar-refractivity contribution < 1.29 is 14.0 Å². The van der Waals surface area contributed by atoms with Gasteiger partial charge < -0.3 is 10.2 Å². The summed E-state index contributed by atoms with van der Waals surface area (Å²) in [6.07, 6.45) is 8.19. The molecular weight excluding hydrogens is 471 g/mol. The van der Waals surface area contributed by atoms with Gasteiger partial charge in [0.05, 0.1) is 18.3 Å². The summed E-state index contributed by atoms with van der Waals surface area (Å²) in [7, 11) is 0. The highest BCUT2D eigenvalue weighted by molar-refractivity contribution is 6.03. The van der Waals surface area contributed by atoms with Crippen molar-refractivity contribution in [2.24, 2.45) is 11.3 Å². The van der Waals surface area contributed by atoms with E-state index in [0.29, 0.717) is 41.5 Å². The molecule has 3 aliphatic rings. The van der Waals surface area contributed by atoms with Gasteiger partial charge in [-0.2, -0.15) is 10.4 Å². The predicted octanol–water partition coefficient (Wildman–Crippen LogP) is 4.31. The second-order valence-corrected chi connectivity index (χ2v) is 10.4. The van der Waals surface area contributed by atoms with E-state index in [1.165, 1.54) is 12.1 Å². The van der Waals surface area contributed by atoms with Crippen molar-refractivity contribution in [3.63, 3.8) is 0 Å². The Morgan fingerprint density at radius 1 is 1.19 bits per heavy atom. The Kier molecular flexibility index (Phi) is 5.55. The summed E-state index contributed by atoms with van der Waals surface area (Å²) in [4.78, 5) is 32.2. The molecule has 1 saturated heterocycles. The van der Waals surface area contributed by atoms with Gasteiger partial charge in [-0.3, -0.25) is 14.3 Å². The molecule has 3 heterocycles. The summed E-state index contributed by atoms with van der Waals surface area (Å²) >= 11 is 0. The number of nitriles is 1. The Morgan fingerprint density at radius 3 is 2.73 bits per heavy atom. The molecule has 8 nitrogen and oxygen atoms in total. The highest BCUT2D eigenvalue weighted by Gasteiger charge is 2.56. The van der Waals surface area contributed by atoms with Gasteiger partial charge in [-0.05, 0) is 86.4 Å². The zero-order valence-electron chi connectivity index (χ0n) is 20.6. The Balaban J connectivity index is 1.18. The van der Waals surface area contributed by atoms with Crippen molar-refractivity contribution in [3.05, 3.63) is 65.5 Å². The largest absolute Gasteiger partial charge is 0.347 e. The van der Waals surface area contributed by atoms with E-state index >= 15 is 0 Å². The molecule has 188 valence electrons. The molecule has 2 aliphatic carbocycles. The number of amides is 2. The van der Waals surface area contributed by atoms with Gasteiger partial charge in [0.1, 0.15) is 16.9 Å². The maximum Gasteiger partial charge on any atom is 0.270 e. The van der Waals surface area contributed by atoms with Crippen LogP contribution in [0.5, 0.6) is 0 Å². The third kappa shape index (κ3) is 4.37. The SMILES string of the molecule is Cc1cc(N2CC[C@@](C#N)(C3CC3)C2=O)cc(C(=O)NCc2cc(F)cc(-c3cnn(C4CC4)c3)c2)n1. The van der Waals surface area contributed by atoms with Crippen LogP contribution in [0.2, 0.25) is 0 Å². The van der Waals surface area contributed by atoms with E-state index in [1.54, 1.807) is 30.2 Å². The molecule has 1 aromatic carbocycles. The number of halogens is 1. The van der Waals surface area contributed by atoms with E-state index in [0.717, 1.165) is 31.2 Å². The number of pyridine rings is 1. The molecule has 37 heavy (non-hydrogen) atoms. The van der Waals surface area contributed by atoms with Crippen molar-refractivity contribution in [2.75, 3.05) is 11.4 Å². The van der Waals surface area contributed by atoms with E-state index in [-0.39, 0.29) is 29.9 Å². The molecule has 1 atom stereocenters. The topological polar surface area (TPSA) is 104 Å². The summed E-state index contributed by atoms with van der Waals surface area (Å²) in [6.45, 7) is 2.32. The van der Waals surface area contributed by atoms with Crippen LogP contribution < -0.4 is 10.2 Å². The zero-order chi connectivity index (χ0) is 25.7. The van der Waals surface area contributed by atoms with Crippen molar-refractivity contribution in [2.45, 2.75) is 51.6 Å². The number of hydrogen-bond acceptors (Lipinski definition) is 5. The standard InChI is InChI=1S/C28H27FN6O2/c1-17-8-24(34-7-6-28(16-30,27(34)37)21-2-3-21)12-25(33-17)26(36)31-13-18-9-19(11-22(29)10-18)20-14-32-35(15-20)23-4-5-23/h8-12,14-15,21,23H,2-7,13H2,1H3,(H,31,36)/t28-/m1/s1. The molecule has 3 fully saturated rings. The quantitative estimate of drug-likeness (QED) is 0.523. The summed E-state index contributed by atoms with van der Waals surface area (Å²) < 4.78 is 16.3. The first kappa shape index (κ1) is 23.3. The second-order valence-electron chi connectivity index (χ2n) is 10.4. The van der Waals surface area contributed by atoms with Gasteiger partial charge in [0.25, 0.3) is 5.91 Å². The molecule has 0 spiro atoms. The van der Waals surface area contributed by atoms with Gasteiger partial charge in [-0.25, -0.2) is 9.37 Å². The Labute approximate surface area is 214 Å². The third-order valence-electron chi connectivity index (χ3n) is 7.58. The van der Waals surface area contributed by atoms with Gasteiger partial charge >= 0.3 is 0 Å². The molecular formula is C28H27FN6O2. The van der Waals surface area contributed by atoms with Crippen LogP contribution >= 0.6 is 0 Å². The Hall–Kier alpha value is -4.06. The van der Waals surface area contributed by atoms with Gasteiger partial charge in [0, 0.05) is 36.2 Å². The molecule has 6 rings (SSSR count). The molecule has 0 unspecified atom stereocenters. The maximum atomic E-state index is 14.4. The minimum atomic E-state index is -0.955. The van der Waals surface area contributed by atoms with Crippen LogP contribution in [0.25, 0.3) is 11.1 Å². The Morgan fingerprint density at radius 2 is 2.00 bits per heavy atom. The number of aromatic nitrogens is 3. The lowest BCUT2D eigenvalue weighted by Crippen LogP contribution is -2.35. The predicted molar refractivity (Wildman–Crippen MR) is 134 cm³/mol. The van der Waals surface area contributed by atoms with Crippen molar-refractivity contribution >= 4 is 17.5 Å². The summed E-state index contributed by atoms with van der Waals surface area (Å²) in [5, 5.41) is 17.0. The first-order valence-corrected chi connectivity index (χ1v) is 12.7. The van der Waals surface area contributed by atoms with Crippen LogP contribution in [0, 0.1) is 35.4 Å². The fourth-order valence-corrected chi connectivity index (χ4v) is 5.27. The number of aryl methyl sites for hydroxylation is 1. The summed E-state index contributed by atoms with van der Waals surface area (Å²) in [6, 6.07) is 10.8. The average molecular weight is 499 g/mol. The second kappa shape index (κ2) is 8.80. The number of rotatable bonds is 7. The molecule has 9 heteroatoms. The molecule has 0 bridgehead atoms. The summed E-state index contributed by atoms with van der Waals surface area (Å²) in [5.41, 5.74) is 2.54. The van der Waals surface area contributed by atoms with Crippen molar-refractivity contribution in [1.82, 2.24) is 20.1 Å². The van der Waals surface area contributed by atoms with Crippen LogP contribution in [0.4, 0.5) is 10.1 Å². The van der Waals surface area contributed by atoms with E-state index in [4.69, 9.17) is 0 Å². The minimum Gasteiger partial charge on any atom is -0.347 e. The van der Waals surface area contributed by atoms with E-state index in [2.05, 4.69) is 21.5 Å². The van der Waals surface area contributed by atoms with Crippen LogP contribution in [-0.4, -0.2) is 33.1 Å². The average Bonchev–Trinajstić information content (AvgIpc) is 3.83. The number of carbonyl (C=O) groups excluding carboxylic acids is 2. The molecule has 1 N–H and O–H groups in total. The molecule has 2 saturated carbocycles. The normalized spacial score (nSPS) is 21.2. The van der Waals surface area contributed by atoms with Crippen LogP contribution in [0.15, 0.2) is 42.7 Å². The van der Waals surface area contributed by atoms with Crippen molar-refractivity contribution in [1.29, 1.82) is 5.26 Å². The molecule has 0 radical (unpaired) electrons. The van der Waals surface area contributed by atoms with Gasteiger partial charge in [-0.1, -0.05) is 0 Å².